The Morgan fingerprint density at radius 2 is 2.17 bits per heavy atom. The number of carbonyl (C=O) groups excluding carboxylic acids is 1. The van der Waals surface area contributed by atoms with Gasteiger partial charge in [-0.25, -0.2) is 14.0 Å². The van der Waals surface area contributed by atoms with Crippen LogP contribution in [0.3, 0.4) is 0 Å². The Labute approximate surface area is 166 Å². The Balaban J connectivity index is 2.06. The maximum Gasteiger partial charge on any atom is 0.342 e. The number of halogens is 1. The van der Waals surface area contributed by atoms with Gasteiger partial charge in [0.2, 0.25) is 0 Å². The van der Waals surface area contributed by atoms with E-state index in [0.717, 1.165) is 23.8 Å². The van der Waals surface area contributed by atoms with E-state index >= 15 is 4.39 Å². The highest BCUT2D eigenvalue weighted by atomic mass is 31.1. The average Bonchev–Trinajstić information content (AvgIpc) is 2.82. The summed E-state index contributed by atoms with van der Waals surface area (Å²) in [6.07, 6.45) is -3.88. The van der Waals surface area contributed by atoms with Crippen LogP contribution < -0.4 is 16.1 Å². The van der Waals surface area contributed by atoms with Crippen molar-refractivity contribution in [2.24, 2.45) is 4.74 Å². The van der Waals surface area contributed by atoms with E-state index in [0.29, 0.717) is 0 Å². The molecular weight excluding hydrogens is 412 g/mol. The minimum absolute atomic E-state index is 0.364. The zero-order valence-corrected chi connectivity index (χ0v) is 17.2. The summed E-state index contributed by atoms with van der Waals surface area (Å²) >= 11 is 0. The molecule has 2 N–H and O–H groups in total. The lowest BCUT2D eigenvalue weighted by molar-refractivity contribution is -0.179. The van der Waals surface area contributed by atoms with Crippen molar-refractivity contribution in [2.45, 2.75) is 63.9 Å². The van der Waals surface area contributed by atoms with Gasteiger partial charge in [0.15, 0.2) is 17.9 Å². The van der Waals surface area contributed by atoms with Crippen LogP contribution in [0.15, 0.2) is 26.6 Å². The zero-order chi connectivity index (χ0) is 21.9. The number of hydrogen-bond donors (Lipinski definition) is 2. The maximum absolute atomic E-state index is 15.0. The molecule has 1 unspecified atom stereocenters. The minimum Gasteiger partial charge on any atom is -0.584 e. The molecule has 1 aromatic heterocycles. The molecule has 0 aliphatic carbocycles. The second-order valence-corrected chi connectivity index (χ2v) is 7.92. The molecule has 0 radical (unpaired) electrons. The number of rotatable bonds is 7. The zero-order valence-electron chi connectivity index (χ0n) is 16.3. The van der Waals surface area contributed by atoms with Crippen LogP contribution in [0.25, 0.3) is 0 Å². The van der Waals surface area contributed by atoms with Crippen LogP contribution in [-0.4, -0.2) is 57.3 Å². The summed E-state index contributed by atoms with van der Waals surface area (Å²) in [5.74, 6) is -0.682. The third kappa shape index (κ3) is 5.55. The normalized spacial score (nSPS) is 28.6. The molecule has 1 aromatic rings. The van der Waals surface area contributed by atoms with E-state index in [2.05, 4.69) is 4.74 Å². The van der Waals surface area contributed by atoms with Crippen LogP contribution in [0.1, 0.15) is 33.9 Å². The fraction of sp³-hybridized carbons (Fsp3) is 0.688. The van der Waals surface area contributed by atoms with Crippen molar-refractivity contribution in [1.82, 2.24) is 9.55 Å². The monoisotopic (exact) mass is 435 g/mol. The highest BCUT2D eigenvalue weighted by Gasteiger charge is 2.55. The number of nitrogens with one attached hydrogen (secondary N) is 1. The predicted octanol–water partition coefficient (Wildman–Crippen LogP) is -0.264. The summed E-state index contributed by atoms with van der Waals surface area (Å²) in [5.41, 5.74) is -4.00. The first-order chi connectivity index (χ1) is 13.4. The number of hydrogen-bond acceptors (Lipinski definition) is 9. The molecule has 2 rings (SSSR count). The summed E-state index contributed by atoms with van der Waals surface area (Å²) in [6, 6.07) is -0.0425. The SMILES string of the molecule is CC(C)OC(=O)[C@H](C)/N=[P+](\[O-])OC[C@H]1O[C@@H](n2ccc(=O)[nH]c2=O)[C@](C)(F)[C@@H]1O. The standard InChI is InChI=1S/C16H23FN3O8P/c1-8(2)27-13(23)9(3)19-29(25)26-7-10-12(22)16(4,17)14(28-10)20-6-5-11(21)18-15(20)24/h5-6,8-10,12,14,22H,7H2,1-4H3,(H,18,21,24)/t9-,10+,12+,14+,16+/m0/s1. The summed E-state index contributed by atoms with van der Waals surface area (Å²) < 4.78 is 34.7. The van der Waals surface area contributed by atoms with Gasteiger partial charge in [0.1, 0.15) is 18.8 Å². The van der Waals surface area contributed by atoms with Gasteiger partial charge in [0.05, 0.1) is 6.10 Å². The molecule has 13 heteroatoms. The average molecular weight is 435 g/mol. The molecule has 6 atom stereocenters. The topological polar surface area (TPSA) is 155 Å². The highest BCUT2D eigenvalue weighted by Crippen LogP contribution is 2.41. The molecule has 0 bridgehead atoms. The van der Waals surface area contributed by atoms with E-state index in [1.807, 2.05) is 4.98 Å². The number of nitrogens with zero attached hydrogens (tertiary/aromatic N) is 2. The Morgan fingerprint density at radius 3 is 2.76 bits per heavy atom. The molecule has 1 saturated heterocycles. The first-order valence-corrected chi connectivity index (χ1v) is 9.91. The molecule has 11 nitrogen and oxygen atoms in total. The molecule has 29 heavy (non-hydrogen) atoms. The van der Waals surface area contributed by atoms with Crippen molar-refractivity contribution in [1.29, 1.82) is 0 Å². The Bertz CT molecular complexity index is 883. The molecule has 1 aliphatic rings. The second kappa shape index (κ2) is 9.23. The lowest BCUT2D eigenvalue weighted by Gasteiger charge is -2.24. The Kier molecular flexibility index (Phi) is 7.41. The van der Waals surface area contributed by atoms with Gasteiger partial charge in [0, 0.05) is 12.3 Å². The molecule has 1 aliphatic heterocycles. The number of alkyl halides is 1. The van der Waals surface area contributed by atoms with Crippen molar-refractivity contribution in [3.05, 3.63) is 33.1 Å². The molecule has 0 amide bonds. The number of carbonyl (C=O) groups is 1. The third-order valence-corrected chi connectivity index (χ3v) is 5.04. The number of aliphatic hydroxyl groups is 1. The first kappa shape index (κ1) is 23.3. The number of H-pyrrole nitrogens is 1. The smallest absolute Gasteiger partial charge is 0.342 e. The van der Waals surface area contributed by atoms with E-state index in [1.54, 1.807) is 13.8 Å². The second-order valence-electron chi connectivity index (χ2n) is 6.95. The molecule has 2 heterocycles. The largest absolute Gasteiger partial charge is 0.584 e. The summed E-state index contributed by atoms with van der Waals surface area (Å²) in [5, 5.41) is 10.2. The third-order valence-electron chi connectivity index (χ3n) is 4.13. The fourth-order valence-corrected chi connectivity index (χ4v) is 3.37. The minimum atomic E-state index is -2.68. The Morgan fingerprint density at radius 1 is 1.52 bits per heavy atom. The summed E-state index contributed by atoms with van der Waals surface area (Å²) in [6.45, 7) is 5.18. The van der Waals surface area contributed by atoms with Crippen LogP contribution in [0.4, 0.5) is 4.39 Å². The van der Waals surface area contributed by atoms with Crippen molar-refractivity contribution >= 4 is 14.1 Å². The summed E-state index contributed by atoms with van der Waals surface area (Å²) in [7, 11) is -2.68. The van der Waals surface area contributed by atoms with Gasteiger partial charge in [-0.15, -0.1) is 0 Å². The van der Waals surface area contributed by atoms with Crippen LogP contribution in [0.5, 0.6) is 0 Å². The van der Waals surface area contributed by atoms with Gasteiger partial charge in [-0.1, -0.05) is 4.74 Å². The lowest BCUT2D eigenvalue weighted by atomic mass is 9.98. The summed E-state index contributed by atoms with van der Waals surface area (Å²) in [4.78, 5) is 48.6. The molecular formula is C16H23FN3O8P. The Hall–Kier alpha value is -1.98. The van der Waals surface area contributed by atoms with E-state index < -0.39 is 62.1 Å². The van der Waals surface area contributed by atoms with E-state index in [-0.39, 0.29) is 6.10 Å². The van der Waals surface area contributed by atoms with Crippen molar-refractivity contribution in [3.8, 4) is 0 Å². The van der Waals surface area contributed by atoms with Crippen LogP contribution >= 0.6 is 8.17 Å². The number of aliphatic hydroxyl groups excluding tert-OH is 1. The van der Waals surface area contributed by atoms with Gasteiger partial charge in [-0.05, 0) is 27.7 Å². The highest BCUT2D eigenvalue weighted by molar-refractivity contribution is 7.33. The molecule has 162 valence electrons. The lowest BCUT2D eigenvalue weighted by Crippen LogP contribution is -2.43. The van der Waals surface area contributed by atoms with Crippen molar-refractivity contribution in [2.75, 3.05) is 6.61 Å². The number of ether oxygens (including phenoxy) is 2. The van der Waals surface area contributed by atoms with Crippen LogP contribution in [0, 0.1) is 0 Å². The van der Waals surface area contributed by atoms with Crippen molar-refractivity contribution < 1.29 is 33.2 Å². The van der Waals surface area contributed by atoms with Gasteiger partial charge in [-0.2, -0.15) is 4.52 Å². The molecule has 0 saturated carbocycles. The number of aromatic nitrogens is 2. The van der Waals surface area contributed by atoms with Gasteiger partial charge < -0.3 is 19.5 Å². The number of aromatic amines is 1. The van der Waals surface area contributed by atoms with Gasteiger partial charge in [0.25, 0.3) is 5.56 Å². The van der Waals surface area contributed by atoms with Crippen LogP contribution in [0.2, 0.25) is 0 Å². The quantitative estimate of drug-likeness (QED) is 0.438. The fourth-order valence-electron chi connectivity index (χ4n) is 2.65. The number of esters is 1. The molecule has 0 aromatic carbocycles. The first-order valence-electron chi connectivity index (χ1n) is 8.78. The van der Waals surface area contributed by atoms with Gasteiger partial charge in [-0.3, -0.25) is 14.3 Å². The van der Waals surface area contributed by atoms with Crippen molar-refractivity contribution in [3.63, 3.8) is 0 Å². The molecule has 0 spiro atoms. The van der Waals surface area contributed by atoms with E-state index in [9.17, 15) is 24.4 Å². The maximum atomic E-state index is 15.0. The van der Waals surface area contributed by atoms with Gasteiger partial charge >= 0.3 is 19.8 Å². The predicted molar refractivity (Wildman–Crippen MR) is 96.7 cm³/mol. The van der Waals surface area contributed by atoms with Crippen LogP contribution in [-0.2, 0) is 18.8 Å². The molecule has 1 fully saturated rings. The van der Waals surface area contributed by atoms with E-state index in [4.69, 9.17) is 14.0 Å². The van der Waals surface area contributed by atoms with E-state index in [1.165, 1.54) is 6.92 Å².